The largest absolute Gasteiger partial charge is 0.351 e. The number of amides is 2. The van der Waals surface area contributed by atoms with Gasteiger partial charge in [-0.3, -0.25) is 9.59 Å². The third-order valence-corrected chi connectivity index (χ3v) is 5.31. The summed E-state index contributed by atoms with van der Waals surface area (Å²) in [7, 11) is 0. The Kier molecular flexibility index (Phi) is 5.63. The topological polar surface area (TPSA) is 49.4 Å². The van der Waals surface area contributed by atoms with E-state index in [9.17, 15) is 9.59 Å². The molecule has 0 radical (unpaired) electrons. The van der Waals surface area contributed by atoms with Crippen molar-refractivity contribution in [2.45, 2.75) is 18.9 Å². The Bertz CT molecular complexity index is 1000. The molecule has 2 amide bonds. The summed E-state index contributed by atoms with van der Waals surface area (Å²) in [5.74, 6) is -0.0712. The minimum absolute atomic E-state index is 0.00448. The summed E-state index contributed by atoms with van der Waals surface area (Å²) >= 11 is 5.91. The van der Waals surface area contributed by atoms with E-state index >= 15 is 0 Å². The van der Waals surface area contributed by atoms with Crippen LogP contribution in [0.4, 0.5) is 5.69 Å². The van der Waals surface area contributed by atoms with Crippen molar-refractivity contribution in [2.75, 3.05) is 11.4 Å². The number of nitrogens with one attached hydrogen (secondary N) is 1. The molecule has 4 rings (SSSR count). The van der Waals surface area contributed by atoms with Gasteiger partial charge >= 0.3 is 0 Å². The van der Waals surface area contributed by atoms with E-state index in [2.05, 4.69) is 17.4 Å². The Morgan fingerprint density at radius 3 is 2.28 bits per heavy atom. The molecule has 4 nitrogen and oxygen atoms in total. The van der Waals surface area contributed by atoms with Gasteiger partial charge in [0.15, 0.2) is 0 Å². The Morgan fingerprint density at radius 1 is 0.931 bits per heavy atom. The second kappa shape index (κ2) is 8.50. The van der Waals surface area contributed by atoms with Gasteiger partial charge < -0.3 is 10.2 Å². The van der Waals surface area contributed by atoms with E-state index < -0.39 is 0 Å². The molecule has 0 aromatic heterocycles. The average molecular weight is 405 g/mol. The maximum Gasteiger partial charge on any atom is 0.229 e. The van der Waals surface area contributed by atoms with Crippen molar-refractivity contribution < 1.29 is 9.59 Å². The van der Waals surface area contributed by atoms with Gasteiger partial charge in [-0.25, -0.2) is 0 Å². The first-order valence-corrected chi connectivity index (χ1v) is 9.96. The van der Waals surface area contributed by atoms with Gasteiger partial charge in [-0.2, -0.15) is 0 Å². The number of nitrogens with zero attached hydrogens (tertiary/aromatic N) is 1. The molecule has 1 N–H and O–H groups in total. The van der Waals surface area contributed by atoms with Crippen LogP contribution in [0.1, 0.15) is 12.0 Å². The molecule has 1 atom stereocenters. The fraction of sp³-hybridized carbons (Fsp3) is 0.167. The Balaban J connectivity index is 1.34. The quantitative estimate of drug-likeness (QED) is 0.682. The van der Waals surface area contributed by atoms with Crippen molar-refractivity contribution in [3.8, 4) is 11.1 Å². The minimum atomic E-state index is -0.186. The standard InChI is InChI=1S/C24H21ClN2O2/c25-20-10-12-22(13-11-20)27-16-21(15-24(27)29)26-23(28)14-17-6-8-19(9-7-17)18-4-2-1-3-5-18/h1-13,21H,14-16H2,(H,26,28)/t21-/m1/s1. The number of carbonyl (C=O) groups excluding carboxylic acids is 2. The summed E-state index contributed by atoms with van der Waals surface area (Å²) in [4.78, 5) is 26.5. The van der Waals surface area contributed by atoms with Gasteiger partial charge in [-0.05, 0) is 41.0 Å². The van der Waals surface area contributed by atoms with Crippen molar-refractivity contribution in [1.82, 2.24) is 5.32 Å². The predicted octanol–water partition coefficient (Wildman–Crippen LogP) is 4.47. The Labute approximate surface area is 175 Å². The van der Waals surface area contributed by atoms with Gasteiger partial charge in [0.05, 0.1) is 12.5 Å². The Hall–Kier alpha value is -3.11. The van der Waals surface area contributed by atoms with Gasteiger partial charge in [0, 0.05) is 23.7 Å². The van der Waals surface area contributed by atoms with E-state index in [-0.39, 0.29) is 17.9 Å². The molecule has 0 unspecified atom stereocenters. The van der Waals surface area contributed by atoms with Crippen LogP contribution in [-0.2, 0) is 16.0 Å². The van der Waals surface area contributed by atoms with Crippen LogP contribution in [0.25, 0.3) is 11.1 Å². The molecule has 3 aromatic rings. The van der Waals surface area contributed by atoms with Crippen molar-refractivity contribution in [3.63, 3.8) is 0 Å². The molecule has 1 saturated heterocycles. The van der Waals surface area contributed by atoms with Crippen LogP contribution >= 0.6 is 11.6 Å². The number of rotatable bonds is 5. The highest BCUT2D eigenvalue weighted by Gasteiger charge is 2.31. The van der Waals surface area contributed by atoms with Crippen LogP contribution in [0.5, 0.6) is 0 Å². The van der Waals surface area contributed by atoms with Crippen LogP contribution in [0.15, 0.2) is 78.9 Å². The van der Waals surface area contributed by atoms with Gasteiger partial charge in [0.25, 0.3) is 0 Å². The first-order valence-electron chi connectivity index (χ1n) is 9.58. The number of anilines is 1. The number of hydrogen-bond acceptors (Lipinski definition) is 2. The summed E-state index contributed by atoms with van der Waals surface area (Å²) in [6.07, 6.45) is 0.599. The molecule has 0 aliphatic carbocycles. The summed E-state index contributed by atoms with van der Waals surface area (Å²) < 4.78 is 0. The van der Waals surface area contributed by atoms with Crippen molar-refractivity contribution in [3.05, 3.63) is 89.4 Å². The van der Waals surface area contributed by atoms with Gasteiger partial charge in [0.1, 0.15) is 0 Å². The summed E-state index contributed by atoms with van der Waals surface area (Å²) in [5.41, 5.74) is 4.01. The monoisotopic (exact) mass is 404 g/mol. The molecule has 1 heterocycles. The number of halogens is 1. The third-order valence-electron chi connectivity index (χ3n) is 5.05. The first kappa shape index (κ1) is 19.2. The fourth-order valence-electron chi connectivity index (χ4n) is 3.58. The van der Waals surface area contributed by atoms with E-state index in [0.29, 0.717) is 24.4 Å². The normalized spacial score (nSPS) is 16.1. The van der Waals surface area contributed by atoms with E-state index in [1.165, 1.54) is 0 Å². The smallest absolute Gasteiger partial charge is 0.229 e. The summed E-state index contributed by atoms with van der Waals surface area (Å²) in [6.45, 7) is 0.471. The van der Waals surface area contributed by atoms with Crippen LogP contribution in [-0.4, -0.2) is 24.4 Å². The maximum absolute atomic E-state index is 12.5. The van der Waals surface area contributed by atoms with Crippen LogP contribution in [0.2, 0.25) is 5.02 Å². The number of hydrogen-bond donors (Lipinski definition) is 1. The van der Waals surface area contributed by atoms with Gasteiger partial charge in [0.2, 0.25) is 11.8 Å². The van der Waals surface area contributed by atoms with Crippen molar-refractivity contribution >= 4 is 29.1 Å². The molecular weight excluding hydrogens is 384 g/mol. The lowest BCUT2D eigenvalue weighted by atomic mass is 10.0. The van der Waals surface area contributed by atoms with Gasteiger partial charge in [-0.15, -0.1) is 0 Å². The van der Waals surface area contributed by atoms with E-state index in [1.807, 2.05) is 54.6 Å². The first-order chi connectivity index (χ1) is 14.1. The minimum Gasteiger partial charge on any atom is -0.351 e. The molecule has 1 aliphatic rings. The van der Waals surface area contributed by atoms with Crippen LogP contribution in [0, 0.1) is 0 Å². The molecule has 29 heavy (non-hydrogen) atoms. The highest BCUT2D eigenvalue weighted by atomic mass is 35.5. The number of benzene rings is 3. The molecular formula is C24H21ClN2O2. The summed E-state index contributed by atoms with van der Waals surface area (Å²) in [5, 5.41) is 3.62. The lowest BCUT2D eigenvalue weighted by molar-refractivity contribution is -0.121. The zero-order valence-electron chi connectivity index (χ0n) is 15.8. The van der Waals surface area contributed by atoms with Crippen LogP contribution < -0.4 is 10.2 Å². The molecule has 1 aliphatic heterocycles. The highest BCUT2D eigenvalue weighted by Crippen LogP contribution is 2.24. The maximum atomic E-state index is 12.5. The van der Waals surface area contributed by atoms with Gasteiger partial charge in [-0.1, -0.05) is 66.2 Å². The SMILES string of the molecule is O=C(Cc1ccc(-c2ccccc2)cc1)N[C@@H]1CC(=O)N(c2ccc(Cl)cc2)C1. The molecule has 146 valence electrons. The Morgan fingerprint density at radius 2 is 1.59 bits per heavy atom. The lowest BCUT2D eigenvalue weighted by Gasteiger charge is -2.17. The van der Waals surface area contributed by atoms with Crippen molar-refractivity contribution in [1.29, 1.82) is 0 Å². The average Bonchev–Trinajstić information content (AvgIpc) is 3.09. The second-order valence-corrected chi connectivity index (χ2v) is 7.63. The molecule has 0 spiro atoms. The molecule has 3 aromatic carbocycles. The van der Waals surface area contributed by atoms with E-state index in [4.69, 9.17) is 11.6 Å². The molecule has 1 fully saturated rings. The second-order valence-electron chi connectivity index (χ2n) is 7.19. The molecule has 5 heteroatoms. The summed E-state index contributed by atoms with van der Waals surface area (Å²) in [6, 6.07) is 25.1. The highest BCUT2D eigenvalue weighted by molar-refractivity contribution is 6.30. The van der Waals surface area contributed by atoms with E-state index in [0.717, 1.165) is 22.4 Å². The lowest BCUT2D eigenvalue weighted by Crippen LogP contribution is -2.38. The fourth-order valence-corrected chi connectivity index (χ4v) is 3.71. The molecule has 0 bridgehead atoms. The van der Waals surface area contributed by atoms with E-state index in [1.54, 1.807) is 17.0 Å². The third kappa shape index (κ3) is 4.66. The van der Waals surface area contributed by atoms with Crippen LogP contribution in [0.3, 0.4) is 0 Å². The predicted molar refractivity (Wildman–Crippen MR) is 116 cm³/mol. The van der Waals surface area contributed by atoms with Crippen molar-refractivity contribution in [2.24, 2.45) is 0 Å². The zero-order chi connectivity index (χ0) is 20.2. The number of carbonyl (C=O) groups is 2. The molecule has 0 saturated carbocycles. The zero-order valence-corrected chi connectivity index (χ0v) is 16.6.